The second-order valence-electron chi connectivity index (χ2n) is 4.12. The molecule has 0 aliphatic heterocycles. The van der Waals surface area contributed by atoms with Crippen molar-refractivity contribution in [1.29, 1.82) is 0 Å². The van der Waals surface area contributed by atoms with E-state index in [0.717, 1.165) is 24.5 Å². The predicted molar refractivity (Wildman–Crippen MR) is 69.3 cm³/mol. The van der Waals surface area contributed by atoms with Gasteiger partial charge in [-0.1, -0.05) is 13.0 Å². The van der Waals surface area contributed by atoms with Crippen molar-refractivity contribution in [2.75, 3.05) is 6.54 Å². The lowest BCUT2D eigenvalue weighted by molar-refractivity contribution is 0.289. The van der Waals surface area contributed by atoms with Crippen molar-refractivity contribution in [1.82, 2.24) is 20.5 Å². The smallest absolute Gasteiger partial charge is 0.233 e. The van der Waals surface area contributed by atoms with Crippen LogP contribution in [0.25, 0.3) is 0 Å². The molecule has 0 spiro atoms. The number of nitrogens with zero attached hydrogens (tertiary/aromatic N) is 2. The summed E-state index contributed by atoms with van der Waals surface area (Å²) in [4.78, 5) is 4.35. The number of ether oxygens (including phenoxy) is 1. The van der Waals surface area contributed by atoms with Gasteiger partial charge in [0.05, 0.1) is 5.69 Å². The van der Waals surface area contributed by atoms with Crippen molar-refractivity contribution in [2.24, 2.45) is 0 Å². The van der Waals surface area contributed by atoms with Crippen LogP contribution in [0.4, 0.5) is 0 Å². The first-order chi connectivity index (χ1) is 8.78. The van der Waals surface area contributed by atoms with Crippen LogP contribution < -0.4 is 10.1 Å². The standard InChI is InChI=1S/C13H18N4O/c1-3-14-7-11-4-5-12(15-8-11)9-18-13-6-10(2)16-17-13/h4-6,8,14H,3,7,9H2,1-2H3,(H,16,17). The molecular formula is C13H18N4O. The molecule has 96 valence electrons. The van der Waals surface area contributed by atoms with Crippen LogP contribution in [-0.2, 0) is 13.2 Å². The van der Waals surface area contributed by atoms with Gasteiger partial charge in [0.15, 0.2) is 0 Å². The van der Waals surface area contributed by atoms with Crippen LogP contribution in [0.3, 0.4) is 0 Å². The molecule has 0 aliphatic rings. The number of aromatic amines is 1. The highest BCUT2D eigenvalue weighted by molar-refractivity contribution is 5.15. The van der Waals surface area contributed by atoms with Gasteiger partial charge in [-0.15, -0.1) is 5.10 Å². The SMILES string of the molecule is CCNCc1ccc(COc2cc(C)[nH]n2)nc1. The molecule has 0 aromatic carbocycles. The Morgan fingerprint density at radius 2 is 2.28 bits per heavy atom. The minimum atomic E-state index is 0.436. The third-order valence-electron chi connectivity index (χ3n) is 2.52. The van der Waals surface area contributed by atoms with Crippen LogP contribution in [0.2, 0.25) is 0 Å². The molecule has 0 saturated heterocycles. The highest BCUT2D eigenvalue weighted by Crippen LogP contribution is 2.09. The number of H-pyrrole nitrogens is 1. The minimum absolute atomic E-state index is 0.436. The maximum atomic E-state index is 5.51. The fraction of sp³-hybridized carbons (Fsp3) is 0.385. The topological polar surface area (TPSA) is 62.8 Å². The van der Waals surface area contributed by atoms with Crippen molar-refractivity contribution in [3.05, 3.63) is 41.3 Å². The molecule has 2 aromatic heterocycles. The number of aromatic nitrogens is 3. The van der Waals surface area contributed by atoms with E-state index in [2.05, 4.69) is 33.5 Å². The summed E-state index contributed by atoms with van der Waals surface area (Å²) in [5.41, 5.74) is 3.06. The van der Waals surface area contributed by atoms with E-state index >= 15 is 0 Å². The van der Waals surface area contributed by atoms with Gasteiger partial charge < -0.3 is 10.1 Å². The van der Waals surface area contributed by atoms with Crippen LogP contribution in [0.1, 0.15) is 23.9 Å². The van der Waals surface area contributed by atoms with E-state index in [1.54, 1.807) is 0 Å². The molecule has 0 atom stereocenters. The second kappa shape index (κ2) is 6.16. The number of nitrogens with one attached hydrogen (secondary N) is 2. The molecule has 5 nitrogen and oxygen atoms in total. The minimum Gasteiger partial charge on any atom is -0.470 e. The summed E-state index contributed by atoms with van der Waals surface area (Å²) in [5, 5.41) is 10.1. The van der Waals surface area contributed by atoms with Crippen molar-refractivity contribution >= 4 is 0 Å². The Balaban J connectivity index is 1.86. The van der Waals surface area contributed by atoms with Crippen LogP contribution >= 0.6 is 0 Å². The molecule has 0 unspecified atom stereocenters. The molecule has 0 radical (unpaired) electrons. The lowest BCUT2D eigenvalue weighted by Gasteiger charge is -2.04. The Kier molecular flexibility index (Phi) is 4.30. The Morgan fingerprint density at radius 3 is 2.89 bits per heavy atom. The predicted octanol–water partition coefficient (Wildman–Crippen LogP) is 1.80. The van der Waals surface area contributed by atoms with Crippen LogP contribution in [0.5, 0.6) is 5.88 Å². The zero-order valence-electron chi connectivity index (χ0n) is 10.7. The average molecular weight is 246 g/mol. The van der Waals surface area contributed by atoms with Crippen molar-refractivity contribution in [3.63, 3.8) is 0 Å². The molecule has 2 N–H and O–H groups in total. The fourth-order valence-electron chi connectivity index (χ4n) is 1.53. The summed E-state index contributed by atoms with van der Waals surface area (Å²) >= 11 is 0. The summed E-state index contributed by atoms with van der Waals surface area (Å²) in [6.45, 7) is 6.27. The summed E-state index contributed by atoms with van der Waals surface area (Å²) in [6, 6.07) is 5.90. The lowest BCUT2D eigenvalue weighted by atomic mass is 10.2. The summed E-state index contributed by atoms with van der Waals surface area (Å²) < 4.78 is 5.51. The van der Waals surface area contributed by atoms with Crippen LogP contribution in [-0.4, -0.2) is 21.7 Å². The molecule has 0 saturated carbocycles. The monoisotopic (exact) mass is 246 g/mol. The van der Waals surface area contributed by atoms with E-state index in [-0.39, 0.29) is 0 Å². The Morgan fingerprint density at radius 1 is 1.39 bits per heavy atom. The van der Waals surface area contributed by atoms with E-state index < -0.39 is 0 Å². The van der Waals surface area contributed by atoms with Crippen molar-refractivity contribution in [3.8, 4) is 5.88 Å². The van der Waals surface area contributed by atoms with Crippen LogP contribution in [0.15, 0.2) is 24.4 Å². The molecule has 2 rings (SSSR count). The van der Waals surface area contributed by atoms with Gasteiger partial charge in [-0.05, 0) is 25.1 Å². The van der Waals surface area contributed by atoms with Gasteiger partial charge >= 0.3 is 0 Å². The van der Waals surface area contributed by atoms with E-state index in [0.29, 0.717) is 12.5 Å². The normalized spacial score (nSPS) is 10.6. The Labute approximate surface area is 107 Å². The zero-order valence-corrected chi connectivity index (χ0v) is 10.7. The lowest BCUT2D eigenvalue weighted by Crippen LogP contribution is -2.12. The van der Waals surface area contributed by atoms with E-state index in [1.165, 1.54) is 5.56 Å². The molecule has 5 heteroatoms. The van der Waals surface area contributed by atoms with Gasteiger partial charge in [0.1, 0.15) is 6.61 Å². The largest absolute Gasteiger partial charge is 0.470 e. The first-order valence-corrected chi connectivity index (χ1v) is 6.07. The van der Waals surface area contributed by atoms with Gasteiger partial charge in [0, 0.05) is 24.5 Å². The number of hydrogen-bond donors (Lipinski definition) is 2. The first-order valence-electron chi connectivity index (χ1n) is 6.07. The summed E-state index contributed by atoms with van der Waals surface area (Å²) in [6.07, 6.45) is 1.87. The first kappa shape index (κ1) is 12.6. The highest BCUT2D eigenvalue weighted by Gasteiger charge is 2.00. The third kappa shape index (κ3) is 3.56. The summed E-state index contributed by atoms with van der Waals surface area (Å²) in [5.74, 6) is 0.603. The Hall–Kier alpha value is -1.88. The van der Waals surface area contributed by atoms with Crippen molar-refractivity contribution < 1.29 is 4.74 Å². The molecular weight excluding hydrogens is 228 g/mol. The van der Waals surface area contributed by atoms with Crippen LogP contribution in [0, 0.1) is 6.92 Å². The Bertz CT molecular complexity index is 478. The van der Waals surface area contributed by atoms with E-state index in [9.17, 15) is 0 Å². The van der Waals surface area contributed by atoms with E-state index in [1.807, 2.05) is 25.3 Å². The maximum absolute atomic E-state index is 5.51. The van der Waals surface area contributed by atoms with Gasteiger partial charge in [0.25, 0.3) is 0 Å². The highest BCUT2D eigenvalue weighted by atomic mass is 16.5. The number of pyridine rings is 1. The van der Waals surface area contributed by atoms with Gasteiger partial charge in [-0.2, -0.15) is 0 Å². The maximum Gasteiger partial charge on any atom is 0.233 e. The average Bonchev–Trinajstić information content (AvgIpc) is 2.81. The van der Waals surface area contributed by atoms with Gasteiger partial charge in [-0.25, -0.2) is 0 Å². The second-order valence-corrected chi connectivity index (χ2v) is 4.12. The number of aryl methyl sites for hydroxylation is 1. The van der Waals surface area contributed by atoms with Crippen molar-refractivity contribution in [2.45, 2.75) is 27.0 Å². The summed E-state index contributed by atoms with van der Waals surface area (Å²) in [7, 11) is 0. The van der Waals surface area contributed by atoms with Gasteiger partial charge in [0.2, 0.25) is 5.88 Å². The number of rotatable bonds is 6. The number of hydrogen-bond acceptors (Lipinski definition) is 4. The molecule has 18 heavy (non-hydrogen) atoms. The van der Waals surface area contributed by atoms with Gasteiger partial charge in [-0.3, -0.25) is 10.1 Å². The molecule has 2 aromatic rings. The molecule has 0 amide bonds. The third-order valence-corrected chi connectivity index (χ3v) is 2.52. The quantitative estimate of drug-likeness (QED) is 0.816. The zero-order chi connectivity index (χ0) is 12.8. The molecule has 0 bridgehead atoms. The molecule has 0 aliphatic carbocycles. The van der Waals surface area contributed by atoms with E-state index in [4.69, 9.17) is 4.74 Å². The fourth-order valence-corrected chi connectivity index (χ4v) is 1.53. The molecule has 2 heterocycles. The molecule has 0 fully saturated rings.